The van der Waals surface area contributed by atoms with Crippen LogP contribution in [0.3, 0.4) is 0 Å². The second kappa shape index (κ2) is 5.01. The maximum absolute atomic E-state index is 3.98. The van der Waals surface area contributed by atoms with Crippen LogP contribution in [0.5, 0.6) is 0 Å². The van der Waals surface area contributed by atoms with Crippen LogP contribution in [0, 0.1) is 0 Å². The minimum absolute atomic E-state index is 0.327. The van der Waals surface area contributed by atoms with Gasteiger partial charge in [0, 0.05) is 5.92 Å². The van der Waals surface area contributed by atoms with E-state index in [1.807, 2.05) is 6.08 Å². The Balaban J connectivity index is 2.67. The van der Waals surface area contributed by atoms with Crippen LogP contribution in [0.4, 0.5) is 0 Å². The van der Waals surface area contributed by atoms with Crippen LogP contribution in [0.25, 0.3) is 5.57 Å². The fourth-order valence-corrected chi connectivity index (χ4v) is 2.48. The minimum atomic E-state index is 0.327. The van der Waals surface area contributed by atoms with Gasteiger partial charge in [-0.1, -0.05) is 54.6 Å². The Labute approximate surface area is 104 Å². The summed E-state index contributed by atoms with van der Waals surface area (Å²) < 4.78 is 0. The third-order valence-electron chi connectivity index (χ3n) is 3.15. The third-order valence-corrected chi connectivity index (χ3v) is 3.15. The Kier molecular flexibility index (Phi) is 3.43. The van der Waals surface area contributed by atoms with Gasteiger partial charge in [-0.25, -0.2) is 0 Å². The molecular formula is C17H18. The first-order valence-electron chi connectivity index (χ1n) is 6.04. The maximum atomic E-state index is 3.98. The van der Waals surface area contributed by atoms with Gasteiger partial charge in [0.15, 0.2) is 0 Å². The van der Waals surface area contributed by atoms with Gasteiger partial charge in [-0.3, -0.25) is 0 Å². The quantitative estimate of drug-likeness (QED) is 0.640. The van der Waals surface area contributed by atoms with E-state index in [1.54, 1.807) is 0 Å². The summed E-state index contributed by atoms with van der Waals surface area (Å²) in [4.78, 5) is 0. The van der Waals surface area contributed by atoms with E-state index < -0.39 is 0 Å². The normalized spacial score (nSPS) is 19.3. The van der Waals surface area contributed by atoms with Crippen molar-refractivity contribution < 1.29 is 0 Å². The molecule has 1 aliphatic carbocycles. The molecule has 0 radical (unpaired) electrons. The first-order valence-corrected chi connectivity index (χ1v) is 6.04. The number of hydrogen-bond acceptors (Lipinski definition) is 0. The van der Waals surface area contributed by atoms with Gasteiger partial charge in [0.05, 0.1) is 0 Å². The lowest BCUT2D eigenvalue weighted by Gasteiger charge is -2.08. The average molecular weight is 222 g/mol. The van der Waals surface area contributed by atoms with Crippen LogP contribution >= 0.6 is 0 Å². The largest absolute Gasteiger partial charge is 0.102 e. The van der Waals surface area contributed by atoms with Gasteiger partial charge in [-0.05, 0) is 36.1 Å². The molecule has 0 aliphatic heterocycles. The van der Waals surface area contributed by atoms with E-state index >= 15 is 0 Å². The monoisotopic (exact) mass is 222 g/mol. The van der Waals surface area contributed by atoms with Crippen molar-refractivity contribution in [2.24, 2.45) is 0 Å². The molecule has 86 valence electrons. The molecule has 0 bridgehead atoms. The van der Waals surface area contributed by atoms with Crippen LogP contribution in [-0.2, 0) is 0 Å². The van der Waals surface area contributed by atoms with Crippen molar-refractivity contribution in [2.45, 2.75) is 19.8 Å². The lowest BCUT2D eigenvalue weighted by molar-refractivity contribution is 1.06. The number of benzene rings is 1. The smallest absolute Gasteiger partial charge is 0.0279 e. The van der Waals surface area contributed by atoms with Gasteiger partial charge in [0.1, 0.15) is 0 Å². The van der Waals surface area contributed by atoms with E-state index in [-0.39, 0.29) is 0 Å². The summed E-state index contributed by atoms with van der Waals surface area (Å²) in [6.07, 6.45) is 10.6. The number of allylic oxidation sites excluding steroid dienone is 7. The lowest BCUT2D eigenvalue weighted by atomic mass is 9.95. The Morgan fingerprint density at radius 1 is 1.06 bits per heavy atom. The van der Waals surface area contributed by atoms with Crippen LogP contribution in [0.2, 0.25) is 0 Å². The maximum Gasteiger partial charge on any atom is 0.0279 e. The summed E-state index contributed by atoms with van der Waals surface area (Å²) in [5.41, 5.74) is 5.38. The van der Waals surface area contributed by atoms with E-state index in [0.717, 1.165) is 0 Å². The van der Waals surface area contributed by atoms with Gasteiger partial charge in [-0.15, -0.1) is 6.58 Å². The molecule has 0 spiro atoms. The molecule has 0 amide bonds. The molecule has 1 aromatic carbocycles. The summed E-state index contributed by atoms with van der Waals surface area (Å²) in [5, 5.41) is 0. The summed E-state index contributed by atoms with van der Waals surface area (Å²) >= 11 is 0. The number of fused-ring (bicyclic) bond motifs is 1. The SMILES string of the molecule is C=CC1C(/C=C\C)=C(/C=C\C)c2ccccc21. The molecule has 2 rings (SSSR count). The van der Waals surface area contributed by atoms with Crippen molar-refractivity contribution in [3.8, 4) is 0 Å². The molecule has 0 saturated heterocycles. The fraction of sp³-hybridized carbons (Fsp3) is 0.176. The molecule has 0 heteroatoms. The zero-order chi connectivity index (χ0) is 12.3. The zero-order valence-corrected chi connectivity index (χ0v) is 10.5. The molecule has 1 aromatic rings. The van der Waals surface area contributed by atoms with Crippen molar-refractivity contribution in [3.05, 3.63) is 77.9 Å². The van der Waals surface area contributed by atoms with Crippen molar-refractivity contribution in [1.82, 2.24) is 0 Å². The van der Waals surface area contributed by atoms with Gasteiger partial charge >= 0.3 is 0 Å². The molecule has 0 aromatic heterocycles. The average Bonchev–Trinajstić information content (AvgIpc) is 2.65. The molecule has 0 heterocycles. The lowest BCUT2D eigenvalue weighted by Crippen LogP contribution is -1.92. The molecule has 1 unspecified atom stereocenters. The highest BCUT2D eigenvalue weighted by Crippen LogP contribution is 2.43. The topological polar surface area (TPSA) is 0 Å². The number of rotatable bonds is 3. The van der Waals surface area contributed by atoms with Crippen LogP contribution in [0.15, 0.2) is 66.8 Å². The van der Waals surface area contributed by atoms with E-state index in [1.165, 1.54) is 22.3 Å². The highest BCUT2D eigenvalue weighted by Gasteiger charge is 2.25. The molecule has 0 fully saturated rings. The van der Waals surface area contributed by atoms with Crippen LogP contribution < -0.4 is 0 Å². The van der Waals surface area contributed by atoms with Crippen molar-refractivity contribution in [3.63, 3.8) is 0 Å². The Morgan fingerprint density at radius 2 is 1.76 bits per heavy atom. The molecule has 17 heavy (non-hydrogen) atoms. The van der Waals surface area contributed by atoms with E-state index in [4.69, 9.17) is 0 Å². The van der Waals surface area contributed by atoms with Crippen molar-refractivity contribution in [1.29, 1.82) is 0 Å². The predicted octanol–water partition coefficient (Wildman–Crippen LogP) is 4.88. The summed E-state index contributed by atoms with van der Waals surface area (Å²) in [6.45, 7) is 8.10. The molecule has 0 N–H and O–H groups in total. The highest BCUT2D eigenvalue weighted by molar-refractivity contribution is 5.86. The summed E-state index contributed by atoms with van der Waals surface area (Å²) in [7, 11) is 0. The number of hydrogen-bond donors (Lipinski definition) is 0. The predicted molar refractivity (Wildman–Crippen MR) is 75.9 cm³/mol. The minimum Gasteiger partial charge on any atom is -0.102 e. The first kappa shape index (κ1) is 11.7. The second-order valence-electron chi connectivity index (χ2n) is 4.17. The van der Waals surface area contributed by atoms with Gasteiger partial charge in [0.25, 0.3) is 0 Å². The molecule has 0 nitrogen and oxygen atoms in total. The van der Waals surface area contributed by atoms with Crippen molar-refractivity contribution in [2.75, 3.05) is 0 Å². The van der Waals surface area contributed by atoms with Crippen LogP contribution in [-0.4, -0.2) is 0 Å². The molecule has 0 saturated carbocycles. The van der Waals surface area contributed by atoms with Crippen LogP contribution in [0.1, 0.15) is 30.9 Å². The van der Waals surface area contributed by atoms with E-state index in [2.05, 4.69) is 69.0 Å². The Bertz CT molecular complexity index is 513. The summed E-state index contributed by atoms with van der Waals surface area (Å²) in [5.74, 6) is 0.327. The molecule has 1 atom stereocenters. The van der Waals surface area contributed by atoms with Gasteiger partial charge in [-0.2, -0.15) is 0 Å². The van der Waals surface area contributed by atoms with Crippen molar-refractivity contribution >= 4 is 5.57 Å². The zero-order valence-electron chi connectivity index (χ0n) is 10.5. The van der Waals surface area contributed by atoms with E-state index in [9.17, 15) is 0 Å². The third kappa shape index (κ3) is 1.91. The first-order chi connectivity index (χ1) is 8.33. The van der Waals surface area contributed by atoms with Gasteiger partial charge < -0.3 is 0 Å². The van der Waals surface area contributed by atoms with Gasteiger partial charge in [0.2, 0.25) is 0 Å². The molecular weight excluding hydrogens is 204 g/mol. The summed E-state index contributed by atoms with van der Waals surface area (Å²) in [6, 6.07) is 8.58. The Morgan fingerprint density at radius 3 is 2.41 bits per heavy atom. The highest BCUT2D eigenvalue weighted by atomic mass is 14.3. The Hall–Kier alpha value is -1.82. The standard InChI is InChI=1S/C17H18/c1-4-9-14-13(6-3)16-11-7-8-12-17(16)15(14)10-5-2/h4-13H,3H2,1-2H3/b9-4-,10-5-. The molecule has 1 aliphatic rings. The second-order valence-corrected chi connectivity index (χ2v) is 4.17. The fourth-order valence-electron chi connectivity index (χ4n) is 2.48. The van der Waals surface area contributed by atoms with E-state index in [0.29, 0.717) is 5.92 Å².